The summed E-state index contributed by atoms with van der Waals surface area (Å²) in [5.41, 5.74) is 1.42. The number of carbonyl (C=O) groups excluding carboxylic acids is 2. The van der Waals surface area contributed by atoms with E-state index in [2.05, 4.69) is 5.32 Å². The first-order chi connectivity index (χ1) is 13.2. The summed E-state index contributed by atoms with van der Waals surface area (Å²) in [6, 6.07) is 4.88. The molecule has 154 valence electrons. The Hall–Kier alpha value is -1.93. The van der Waals surface area contributed by atoms with Crippen LogP contribution in [0.4, 0.5) is 5.69 Å². The molecule has 8 heteroatoms. The van der Waals surface area contributed by atoms with Crippen LogP contribution in [0.5, 0.6) is 0 Å². The number of sulfonamides is 1. The SMILES string of the molecule is CC(C)NC(=O)CN1C(=O)CCc2cc(S(=O)(=O)N3CCCC[C@@H]3C)ccc21. The van der Waals surface area contributed by atoms with Gasteiger partial charge in [0.15, 0.2) is 0 Å². The molecule has 0 radical (unpaired) electrons. The van der Waals surface area contributed by atoms with Crippen LogP contribution in [0, 0.1) is 0 Å². The van der Waals surface area contributed by atoms with E-state index in [-0.39, 0.29) is 41.8 Å². The Bertz CT molecular complexity index is 866. The zero-order chi connectivity index (χ0) is 20.5. The van der Waals surface area contributed by atoms with Crippen molar-refractivity contribution in [2.75, 3.05) is 18.0 Å². The summed E-state index contributed by atoms with van der Waals surface area (Å²) >= 11 is 0. The van der Waals surface area contributed by atoms with Crippen molar-refractivity contribution in [2.24, 2.45) is 0 Å². The number of hydrogen-bond acceptors (Lipinski definition) is 4. The summed E-state index contributed by atoms with van der Waals surface area (Å²) in [5.74, 6) is -0.346. The number of carbonyl (C=O) groups is 2. The van der Waals surface area contributed by atoms with Crippen molar-refractivity contribution in [3.8, 4) is 0 Å². The number of piperidine rings is 1. The number of nitrogens with one attached hydrogen (secondary N) is 1. The number of benzene rings is 1. The quantitative estimate of drug-likeness (QED) is 0.809. The molecule has 1 saturated heterocycles. The third kappa shape index (κ3) is 4.22. The first-order valence-corrected chi connectivity index (χ1v) is 11.4. The van der Waals surface area contributed by atoms with Gasteiger partial charge in [-0.2, -0.15) is 4.31 Å². The highest BCUT2D eigenvalue weighted by molar-refractivity contribution is 7.89. The Morgan fingerprint density at radius 2 is 2.00 bits per heavy atom. The monoisotopic (exact) mass is 407 g/mol. The Labute approximate surface area is 167 Å². The number of hydrogen-bond donors (Lipinski definition) is 1. The largest absolute Gasteiger partial charge is 0.352 e. The highest BCUT2D eigenvalue weighted by Crippen LogP contribution is 2.32. The van der Waals surface area contributed by atoms with Crippen LogP contribution in [-0.4, -0.2) is 49.7 Å². The van der Waals surface area contributed by atoms with Crippen LogP contribution in [0.3, 0.4) is 0 Å². The number of aryl methyl sites for hydroxylation is 1. The van der Waals surface area contributed by atoms with E-state index in [1.807, 2.05) is 20.8 Å². The topological polar surface area (TPSA) is 86.8 Å². The molecule has 1 N–H and O–H groups in total. The molecule has 2 amide bonds. The van der Waals surface area contributed by atoms with Gasteiger partial charge in [0.2, 0.25) is 21.8 Å². The summed E-state index contributed by atoms with van der Waals surface area (Å²) in [5, 5.41) is 2.79. The van der Waals surface area contributed by atoms with Crippen LogP contribution < -0.4 is 10.2 Å². The average Bonchev–Trinajstić information content (AvgIpc) is 2.63. The summed E-state index contributed by atoms with van der Waals surface area (Å²) in [6.07, 6.45) is 3.55. The van der Waals surface area contributed by atoms with Crippen molar-refractivity contribution >= 4 is 27.5 Å². The van der Waals surface area contributed by atoms with Crippen molar-refractivity contribution in [1.29, 1.82) is 0 Å². The molecule has 0 bridgehead atoms. The van der Waals surface area contributed by atoms with Crippen molar-refractivity contribution in [2.45, 2.75) is 69.9 Å². The Morgan fingerprint density at radius 3 is 2.68 bits per heavy atom. The fourth-order valence-electron chi connectivity index (χ4n) is 3.95. The second kappa shape index (κ2) is 8.21. The molecule has 2 heterocycles. The molecule has 1 aromatic carbocycles. The van der Waals surface area contributed by atoms with Gasteiger partial charge in [-0.25, -0.2) is 8.42 Å². The molecule has 0 aliphatic carbocycles. The highest BCUT2D eigenvalue weighted by Gasteiger charge is 2.33. The molecule has 3 rings (SSSR count). The van der Waals surface area contributed by atoms with Crippen LogP contribution in [-0.2, 0) is 26.0 Å². The molecule has 0 spiro atoms. The lowest BCUT2D eigenvalue weighted by Crippen LogP contribution is -2.45. The Morgan fingerprint density at radius 1 is 1.25 bits per heavy atom. The van der Waals surface area contributed by atoms with E-state index >= 15 is 0 Å². The molecule has 0 saturated carbocycles. The van der Waals surface area contributed by atoms with Crippen molar-refractivity contribution < 1.29 is 18.0 Å². The van der Waals surface area contributed by atoms with Gasteiger partial charge in [-0.3, -0.25) is 9.59 Å². The van der Waals surface area contributed by atoms with E-state index in [0.29, 0.717) is 18.7 Å². The molecule has 7 nitrogen and oxygen atoms in total. The van der Waals surface area contributed by atoms with Gasteiger partial charge in [-0.15, -0.1) is 0 Å². The zero-order valence-electron chi connectivity index (χ0n) is 16.8. The van der Waals surface area contributed by atoms with Gasteiger partial charge in [0.25, 0.3) is 0 Å². The Balaban J connectivity index is 1.88. The number of rotatable bonds is 5. The van der Waals surface area contributed by atoms with Crippen LogP contribution >= 0.6 is 0 Å². The molecular formula is C20H29N3O4S. The number of anilines is 1. The lowest BCUT2D eigenvalue weighted by Gasteiger charge is -2.33. The van der Waals surface area contributed by atoms with Crippen molar-refractivity contribution in [3.05, 3.63) is 23.8 Å². The average molecular weight is 408 g/mol. The maximum Gasteiger partial charge on any atom is 0.243 e. The van der Waals surface area contributed by atoms with Crippen molar-refractivity contribution in [1.82, 2.24) is 9.62 Å². The molecule has 1 aromatic rings. The van der Waals surface area contributed by atoms with Gasteiger partial charge < -0.3 is 10.2 Å². The van der Waals surface area contributed by atoms with Crippen LogP contribution in [0.2, 0.25) is 0 Å². The Kier molecular flexibility index (Phi) is 6.09. The zero-order valence-corrected chi connectivity index (χ0v) is 17.6. The lowest BCUT2D eigenvalue weighted by molar-refractivity contribution is -0.124. The third-order valence-corrected chi connectivity index (χ3v) is 7.36. The summed E-state index contributed by atoms with van der Waals surface area (Å²) < 4.78 is 27.8. The van der Waals surface area contributed by atoms with E-state index in [0.717, 1.165) is 24.8 Å². The van der Waals surface area contributed by atoms with Crippen LogP contribution in [0.25, 0.3) is 0 Å². The fourth-order valence-corrected chi connectivity index (χ4v) is 5.70. The minimum absolute atomic E-state index is 0.00686. The molecule has 1 fully saturated rings. The maximum absolute atomic E-state index is 13.1. The minimum atomic E-state index is -3.56. The molecule has 0 unspecified atom stereocenters. The van der Waals surface area contributed by atoms with E-state index < -0.39 is 10.0 Å². The smallest absolute Gasteiger partial charge is 0.243 e. The van der Waals surface area contributed by atoms with Crippen LogP contribution in [0.1, 0.15) is 52.0 Å². The minimum Gasteiger partial charge on any atom is -0.352 e. The molecule has 0 aromatic heterocycles. The molecule has 2 aliphatic heterocycles. The summed E-state index contributed by atoms with van der Waals surface area (Å²) in [6.45, 7) is 6.16. The molecule has 28 heavy (non-hydrogen) atoms. The molecular weight excluding hydrogens is 378 g/mol. The van der Waals surface area contributed by atoms with Gasteiger partial charge >= 0.3 is 0 Å². The van der Waals surface area contributed by atoms with E-state index in [1.165, 1.54) is 4.90 Å². The van der Waals surface area contributed by atoms with Gasteiger partial charge in [-0.1, -0.05) is 6.42 Å². The van der Waals surface area contributed by atoms with Gasteiger partial charge in [0, 0.05) is 30.7 Å². The second-order valence-corrected chi connectivity index (χ2v) is 9.84. The maximum atomic E-state index is 13.1. The predicted octanol–water partition coefficient (Wildman–Crippen LogP) is 2.05. The summed E-state index contributed by atoms with van der Waals surface area (Å²) in [7, 11) is -3.56. The lowest BCUT2D eigenvalue weighted by atomic mass is 10.0. The van der Waals surface area contributed by atoms with E-state index in [1.54, 1.807) is 22.5 Å². The molecule has 1 atom stereocenters. The number of nitrogens with zero attached hydrogens (tertiary/aromatic N) is 2. The van der Waals surface area contributed by atoms with E-state index in [4.69, 9.17) is 0 Å². The first kappa shape index (κ1) is 20.8. The fraction of sp³-hybridized carbons (Fsp3) is 0.600. The van der Waals surface area contributed by atoms with Gasteiger partial charge in [-0.05, 0) is 63.8 Å². The van der Waals surface area contributed by atoms with Gasteiger partial charge in [0.05, 0.1) is 4.90 Å². The highest BCUT2D eigenvalue weighted by atomic mass is 32.2. The predicted molar refractivity (Wildman–Crippen MR) is 108 cm³/mol. The first-order valence-electron chi connectivity index (χ1n) is 9.94. The van der Waals surface area contributed by atoms with E-state index in [9.17, 15) is 18.0 Å². The third-order valence-electron chi connectivity index (χ3n) is 5.35. The number of amides is 2. The standard InChI is InChI=1S/C20H29N3O4S/c1-14(2)21-19(24)13-22-18-9-8-17(12-16(18)7-10-20(22)25)28(26,27)23-11-5-4-6-15(23)3/h8-9,12,14-15H,4-7,10-11,13H2,1-3H3,(H,21,24)/t15-/m0/s1. The second-order valence-electron chi connectivity index (χ2n) is 7.95. The number of fused-ring (bicyclic) bond motifs is 1. The van der Waals surface area contributed by atoms with Gasteiger partial charge in [0.1, 0.15) is 6.54 Å². The summed E-state index contributed by atoms with van der Waals surface area (Å²) in [4.78, 5) is 26.2. The normalized spacial score (nSPS) is 20.9. The van der Waals surface area contributed by atoms with Crippen molar-refractivity contribution in [3.63, 3.8) is 0 Å². The molecule has 2 aliphatic rings. The van der Waals surface area contributed by atoms with Crippen LogP contribution in [0.15, 0.2) is 23.1 Å².